The molecule has 0 aliphatic heterocycles. The van der Waals surface area contributed by atoms with E-state index in [-0.39, 0.29) is 5.82 Å². The normalized spacial score (nSPS) is 10.1. The minimum atomic E-state index is -0.160. The molecule has 0 nitrogen and oxygen atoms in total. The number of aryl methyl sites for hydroxylation is 1. The topological polar surface area (TPSA) is 0 Å². The minimum absolute atomic E-state index is 0.160. The van der Waals surface area contributed by atoms with Crippen molar-refractivity contribution in [1.82, 2.24) is 0 Å². The summed E-state index contributed by atoms with van der Waals surface area (Å²) in [5.41, 5.74) is 1.17. The fourth-order valence-electron chi connectivity index (χ4n) is 2.10. The molecule has 0 N–H and O–H groups in total. The zero-order chi connectivity index (χ0) is 15.2. The number of halogens is 1. The number of benzene rings is 3. The third kappa shape index (κ3) is 3.45. The SMILES string of the molecule is CC.Cc1ccccc1Sc1c(F)ccc2ccccc12. The van der Waals surface area contributed by atoms with Crippen LogP contribution in [-0.2, 0) is 0 Å². The van der Waals surface area contributed by atoms with Crippen LogP contribution >= 0.6 is 11.8 Å². The Morgan fingerprint density at radius 2 is 1.48 bits per heavy atom. The first-order valence-electron chi connectivity index (χ1n) is 7.16. The Bertz CT molecular complexity index is 734. The zero-order valence-electron chi connectivity index (χ0n) is 12.6. The lowest BCUT2D eigenvalue weighted by Crippen LogP contribution is -1.86. The molecule has 0 saturated heterocycles. The van der Waals surface area contributed by atoms with Gasteiger partial charge >= 0.3 is 0 Å². The molecule has 0 aliphatic carbocycles. The highest BCUT2D eigenvalue weighted by Crippen LogP contribution is 2.36. The molecule has 0 saturated carbocycles. The van der Waals surface area contributed by atoms with Crippen LogP contribution < -0.4 is 0 Å². The van der Waals surface area contributed by atoms with Crippen molar-refractivity contribution in [2.45, 2.75) is 30.6 Å². The molecule has 0 heterocycles. The molecule has 108 valence electrons. The van der Waals surface area contributed by atoms with Crippen molar-refractivity contribution in [3.05, 3.63) is 72.0 Å². The zero-order valence-corrected chi connectivity index (χ0v) is 13.4. The molecule has 0 radical (unpaired) electrons. The Labute approximate surface area is 130 Å². The van der Waals surface area contributed by atoms with Gasteiger partial charge in [0.2, 0.25) is 0 Å². The lowest BCUT2D eigenvalue weighted by Gasteiger charge is -2.09. The van der Waals surface area contributed by atoms with Gasteiger partial charge in [-0.15, -0.1) is 0 Å². The van der Waals surface area contributed by atoms with Crippen LogP contribution in [0.1, 0.15) is 19.4 Å². The van der Waals surface area contributed by atoms with Crippen molar-refractivity contribution >= 4 is 22.5 Å². The Morgan fingerprint density at radius 1 is 0.810 bits per heavy atom. The molecule has 2 heteroatoms. The summed E-state index contributed by atoms with van der Waals surface area (Å²) in [6.07, 6.45) is 0. The summed E-state index contributed by atoms with van der Waals surface area (Å²) in [5, 5.41) is 2.04. The molecule has 21 heavy (non-hydrogen) atoms. The van der Waals surface area contributed by atoms with Gasteiger partial charge < -0.3 is 0 Å². The lowest BCUT2D eigenvalue weighted by atomic mass is 10.1. The second kappa shape index (κ2) is 7.28. The van der Waals surface area contributed by atoms with E-state index in [1.165, 1.54) is 17.3 Å². The van der Waals surface area contributed by atoms with E-state index < -0.39 is 0 Å². The molecule has 0 amide bonds. The molecule has 3 aromatic carbocycles. The van der Waals surface area contributed by atoms with Gasteiger partial charge in [0.25, 0.3) is 0 Å². The lowest BCUT2D eigenvalue weighted by molar-refractivity contribution is 0.605. The average Bonchev–Trinajstić information content (AvgIpc) is 2.54. The Hall–Kier alpha value is -1.80. The molecule has 0 bridgehead atoms. The number of hydrogen-bond donors (Lipinski definition) is 0. The van der Waals surface area contributed by atoms with E-state index in [0.717, 1.165) is 15.7 Å². The van der Waals surface area contributed by atoms with Gasteiger partial charge in [0, 0.05) is 4.90 Å². The predicted molar refractivity (Wildman–Crippen MR) is 90.6 cm³/mol. The van der Waals surface area contributed by atoms with Crippen LogP contribution in [0.5, 0.6) is 0 Å². The van der Waals surface area contributed by atoms with Crippen LogP contribution in [0.15, 0.2) is 70.5 Å². The summed E-state index contributed by atoms with van der Waals surface area (Å²) in [5.74, 6) is -0.160. The van der Waals surface area contributed by atoms with Gasteiger partial charge in [-0.05, 0) is 35.4 Å². The van der Waals surface area contributed by atoms with Gasteiger partial charge in [-0.2, -0.15) is 0 Å². The summed E-state index contributed by atoms with van der Waals surface area (Å²) in [6.45, 7) is 6.05. The first kappa shape index (κ1) is 15.6. The van der Waals surface area contributed by atoms with Crippen molar-refractivity contribution in [2.75, 3.05) is 0 Å². The van der Waals surface area contributed by atoms with E-state index in [0.29, 0.717) is 4.90 Å². The highest BCUT2D eigenvalue weighted by Gasteiger charge is 2.10. The average molecular weight is 298 g/mol. The highest BCUT2D eigenvalue weighted by atomic mass is 32.2. The van der Waals surface area contributed by atoms with Gasteiger partial charge in [-0.1, -0.05) is 74.1 Å². The molecule has 0 atom stereocenters. The maximum atomic E-state index is 14.1. The van der Waals surface area contributed by atoms with Crippen molar-refractivity contribution in [2.24, 2.45) is 0 Å². The van der Waals surface area contributed by atoms with Gasteiger partial charge in [-0.3, -0.25) is 0 Å². The molecule has 0 spiro atoms. The van der Waals surface area contributed by atoms with E-state index >= 15 is 0 Å². The maximum absolute atomic E-state index is 14.1. The standard InChI is InChI=1S/C17H13FS.C2H6/c1-12-6-2-5-9-16(12)19-17-14-8-4-3-7-13(14)10-11-15(17)18;1-2/h2-11H,1H3;1-2H3. The fourth-order valence-corrected chi connectivity index (χ4v) is 3.16. The van der Waals surface area contributed by atoms with Crippen molar-refractivity contribution < 1.29 is 4.39 Å². The van der Waals surface area contributed by atoms with Gasteiger partial charge in [0.15, 0.2) is 0 Å². The Balaban J connectivity index is 0.000000774. The van der Waals surface area contributed by atoms with Crippen molar-refractivity contribution in [3.63, 3.8) is 0 Å². The van der Waals surface area contributed by atoms with Gasteiger partial charge in [-0.25, -0.2) is 4.39 Å². The van der Waals surface area contributed by atoms with Gasteiger partial charge in [0.05, 0.1) is 4.90 Å². The van der Waals surface area contributed by atoms with Crippen molar-refractivity contribution in [1.29, 1.82) is 0 Å². The summed E-state index contributed by atoms with van der Waals surface area (Å²) in [4.78, 5) is 1.80. The monoisotopic (exact) mass is 298 g/mol. The molecular formula is C19H19FS. The largest absolute Gasteiger partial charge is 0.206 e. The molecule has 0 aliphatic rings. The summed E-state index contributed by atoms with van der Waals surface area (Å²) < 4.78 is 14.1. The fraction of sp³-hybridized carbons (Fsp3) is 0.158. The second-order valence-electron chi connectivity index (χ2n) is 4.47. The number of fused-ring (bicyclic) bond motifs is 1. The molecule has 0 aromatic heterocycles. The predicted octanol–water partition coefficient (Wildman–Crippen LogP) is 6.46. The second-order valence-corrected chi connectivity index (χ2v) is 5.52. The first-order chi connectivity index (χ1) is 10.3. The van der Waals surface area contributed by atoms with E-state index in [4.69, 9.17) is 0 Å². The molecule has 3 aromatic rings. The highest BCUT2D eigenvalue weighted by molar-refractivity contribution is 7.99. The number of rotatable bonds is 2. The summed E-state index contributed by atoms with van der Waals surface area (Å²) in [7, 11) is 0. The molecule has 3 rings (SSSR count). The Kier molecular flexibility index (Phi) is 5.40. The van der Waals surface area contributed by atoms with Crippen LogP contribution in [0.2, 0.25) is 0 Å². The van der Waals surface area contributed by atoms with Crippen LogP contribution in [-0.4, -0.2) is 0 Å². The molecular weight excluding hydrogens is 279 g/mol. The summed E-state index contributed by atoms with van der Waals surface area (Å²) in [6, 6.07) is 19.3. The minimum Gasteiger partial charge on any atom is -0.206 e. The summed E-state index contributed by atoms with van der Waals surface area (Å²) >= 11 is 1.50. The van der Waals surface area contributed by atoms with Gasteiger partial charge in [0.1, 0.15) is 5.82 Å². The third-order valence-electron chi connectivity index (χ3n) is 3.14. The van der Waals surface area contributed by atoms with E-state index in [1.807, 2.05) is 75.4 Å². The van der Waals surface area contributed by atoms with E-state index in [9.17, 15) is 4.39 Å². The quantitative estimate of drug-likeness (QED) is 0.523. The van der Waals surface area contributed by atoms with Crippen LogP contribution in [0, 0.1) is 12.7 Å². The van der Waals surface area contributed by atoms with Crippen LogP contribution in [0.25, 0.3) is 10.8 Å². The van der Waals surface area contributed by atoms with Crippen molar-refractivity contribution in [3.8, 4) is 0 Å². The van der Waals surface area contributed by atoms with E-state index in [2.05, 4.69) is 0 Å². The number of hydrogen-bond acceptors (Lipinski definition) is 1. The smallest absolute Gasteiger partial charge is 0.137 e. The Morgan fingerprint density at radius 3 is 2.24 bits per heavy atom. The third-order valence-corrected chi connectivity index (χ3v) is 4.43. The van der Waals surface area contributed by atoms with Crippen LogP contribution in [0.4, 0.5) is 4.39 Å². The maximum Gasteiger partial charge on any atom is 0.137 e. The molecule has 0 fully saturated rings. The van der Waals surface area contributed by atoms with E-state index in [1.54, 1.807) is 6.07 Å². The first-order valence-corrected chi connectivity index (χ1v) is 7.98. The van der Waals surface area contributed by atoms with Crippen LogP contribution in [0.3, 0.4) is 0 Å². The molecule has 0 unspecified atom stereocenters.